The van der Waals surface area contributed by atoms with Gasteiger partial charge in [-0.2, -0.15) is 8.42 Å². The molecule has 2 nitrogen and oxygen atoms in total. The molecule has 13 heavy (non-hydrogen) atoms. The van der Waals surface area contributed by atoms with Gasteiger partial charge in [-0.05, 0) is 18.6 Å². The first-order valence-corrected chi connectivity index (χ1v) is 5.12. The molecule has 0 aromatic heterocycles. The van der Waals surface area contributed by atoms with Crippen molar-refractivity contribution in [2.45, 2.75) is 12.7 Å². The zero-order valence-electron chi connectivity index (χ0n) is 6.92. The van der Waals surface area contributed by atoms with Crippen molar-refractivity contribution in [3.63, 3.8) is 0 Å². The van der Waals surface area contributed by atoms with E-state index >= 15 is 0 Å². The van der Waals surface area contributed by atoms with E-state index < -0.39 is 21.8 Å². The molecule has 5 heteroatoms. The lowest BCUT2D eigenvalue weighted by Crippen LogP contribution is -2.01. The van der Waals surface area contributed by atoms with Crippen molar-refractivity contribution in [3.05, 3.63) is 35.1 Å². The molecule has 0 N–H and O–H groups in total. The fourth-order valence-corrected chi connectivity index (χ4v) is 1.73. The fourth-order valence-electron chi connectivity index (χ4n) is 1.02. The van der Waals surface area contributed by atoms with Gasteiger partial charge in [0, 0.05) is 5.56 Å². The zero-order chi connectivity index (χ0) is 10.1. The van der Waals surface area contributed by atoms with Crippen LogP contribution in [0, 0.1) is 12.7 Å². The third kappa shape index (κ3) is 2.77. The van der Waals surface area contributed by atoms with E-state index in [0.717, 1.165) is 6.07 Å². The van der Waals surface area contributed by atoms with Crippen molar-refractivity contribution in [1.82, 2.24) is 0 Å². The van der Waals surface area contributed by atoms with Crippen molar-refractivity contribution in [1.29, 1.82) is 0 Å². The summed E-state index contributed by atoms with van der Waals surface area (Å²) in [6.45, 7) is 1.53. The van der Waals surface area contributed by atoms with Crippen LogP contribution in [-0.2, 0) is 16.0 Å². The summed E-state index contributed by atoms with van der Waals surface area (Å²) >= 11 is 0. The number of hydrogen-bond acceptors (Lipinski definition) is 2. The normalized spacial score (nSPS) is 11.6. The highest BCUT2D eigenvalue weighted by Gasteiger charge is 2.14. The average Bonchev–Trinajstić information content (AvgIpc) is 1.95. The van der Waals surface area contributed by atoms with Crippen LogP contribution in [0.2, 0.25) is 0 Å². The van der Waals surface area contributed by atoms with Crippen LogP contribution in [0.1, 0.15) is 11.1 Å². The number of hydrogen-bond donors (Lipinski definition) is 0. The second kappa shape index (κ2) is 3.41. The lowest BCUT2D eigenvalue weighted by Gasteiger charge is -2.03. The first kappa shape index (κ1) is 10.1. The molecule has 0 heterocycles. The van der Waals surface area contributed by atoms with Crippen LogP contribution in [0.4, 0.5) is 8.28 Å². The summed E-state index contributed by atoms with van der Waals surface area (Å²) in [6.07, 6.45) is 0. The lowest BCUT2D eigenvalue weighted by molar-refractivity contribution is 0.546. The quantitative estimate of drug-likeness (QED) is 0.693. The molecular formula is C8H8F2O2S. The molecule has 0 fully saturated rings. The first-order chi connectivity index (χ1) is 5.90. The van der Waals surface area contributed by atoms with Gasteiger partial charge in [0.25, 0.3) is 0 Å². The molecule has 1 aromatic rings. The smallest absolute Gasteiger partial charge is 0.207 e. The summed E-state index contributed by atoms with van der Waals surface area (Å²) in [5, 5.41) is 0. The van der Waals surface area contributed by atoms with Gasteiger partial charge in [0.05, 0.1) is 0 Å². The predicted octanol–water partition coefficient (Wildman–Crippen LogP) is 1.93. The molecule has 0 atom stereocenters. The Morgan fingerprint density at radius 2 is 2.00 bits per heavy atom. The SMILES string of the molecule is Cc1cccc(F)c1CS(=O)(=O)F. The van der Waals surface area contributed by atoms with Gasteiger partial charge in [-0.3, -0.25) is 0 Å². The second-order valence-electron chi connectivity index (χ2n) is 2.72. The lowest BCUT2D eigenvalue weighted by atomic mass is 10.1. The molecule has 72 valence electrons. The summed E-state index contributed by atoms with van der Waals surface area (Å²) < 4.78 is 45.7. The molecule has 0 spiro atoms. The van der Waals surface area contributed by atoms with Gasteiger partial charge in [0.15, 0.2) is 0 Å². The summed E-state index contributed by atoms with van der Waals surface area (Å²) in [6, 6.07) is 4.08. The Balaban J connectivity index is 3.15. The third-order valence-electron chi connectivity index (χ3n) is 1.67. The van der Waals surface area contributed by atoms with E-state index in [0.29, 0.717) is 5.56 Å². The van der Waals surface area contributed by atoms with Gasteiger partial charge < -0.3 is 0 Å². The summed E-state index contributed by atoms with van der Waals surface area (Å²) in [5.41, 5.74) is 0.325. The Hall–Kier alpha value is -0.970. The monoisotopic (exact) mass is 206 g/mol. The van der Waals surface area contributed by atoms with E-state index in [1.165, 1.54) is 19.1 Å². The van der Waals surface area contributed by atoms with Crippen molar-refractivity contribution < 1.29 is 16.7 Å². The molecule has 0 aliphatic rings. The highest BCUT2D eigenvalue weighted by atomic mass is 32.3. The summed E-state index contributed by atoms with van der Waals surface area (Å²) in [4.78, 5) is 0. The Bertz CT molecular complexity index is 392. The van der Waals surface area contributed by atoms with E-state index in [4.69, 9.17) is 0 Å². The van der Waals surface area contributed by atoms with Crippen LogP contribution in [0.15, 0.2) is 18.2 Å². The summed E-state index contributed by atoms with van der Waals surface area (Å²) in [7, 11) is -4.66. The highest BCUT2D eigenvalue weighted by Crippen LogP contribution is 2.16. The van der Waals surface area contributed by atoms with Gasteiger partial charge in [-0.15, -0.1) is 3.89 Å². The van der Waals surface area contributed by atoms with Crippen molar-refractivity contribution in [2.24, 2.45) is 0 Å². The third-order valence-corrected chi connectivity index (χ3v) is 2.30. The maximum atomic E-state index is 12.9. The maximum Gasteiger partial charge on any atom is 0.306 e. The predicted molar refractivity (Wildman–Crippen MR) is 44.9 cm³/mol. The maximum absolute atomic E-state index is 12.9. The molecular weight excluding hydrogens is 198 g/mol. The van der Waals surface area contributed by atoms with Crippen LogP contribution >= 0.6 is 0 Å². The molecule has 1 aromatic carbocycles. The van der Waals surface area contributed by atoms with Crippen LogP contribution in [-0.4, -0.2) is 8.42 Å². The molecule has 0 radical (unpaired) electrons. The zero-order valence-corrected chi connectivity index (χ0v) is 7.74. The minimum absolute atomic E-state index is 0.106. The second-order valence-corrected chi connectivity index (χ2v) is 4.08. The molecule has 0 aliphatic heterocycles. The van der Waals surface area contributed by atoms with Gasteiger partial charge in [0.1, 0.15) is 11.6 Å². The average molecular weight is 206 g/mol. The van der Waals surface area contributed by atoms with Gasteiger partial charge in [0.2, 0.25) is 0 Å². The van der Waals surface area contributed by atoms with Gasteiger partial charge in [-0.25, -0.2) is 4.39 Å². The van der Waals surface area contributed by atoms with Gasteiger partial charge in [-0.1, -0.05) is 12.1 Å². The molecule has 0 unspecified atom stereocenters. The summed E-state index contributed by atoms with van der Waals surface area (Å²) in [5.74, 6) is -1.59. The minimum atomic E-state index is -4.66. The minimum Gasteiger partial charge on any atom is -0.207 e. The van der Waals surface area contributed by atoms with Crippen LogP contribution in [0.3, 0.4) is 0 Å². The molecule has 0 amide bonds. The van der Waals surface area contributed by atoms with Crippen molar-refractivity contribution in [2.75, 3.05) is 0 Å². The first-order valence-electron chi connectivity index (χ1n) is 3.56. The van der Waals surface area contributed by atoms with E-state index in [1.54, 1.807) is 0 Å². The van der Waals surface area contributed by atoms with Crippen molar-refractivity contribution >= 4 is 10.2 Å². The largest absolute Gasteiger partial charge is 0.306 e. The van der Waals surface area contributed by atoms with E-state index in [9.17, 15) is 16.7 Å². The molecule has 0 saturated heterocycles. The topological polar surface area (TPSA) is 34.1 Å². The van der Waals surface area contributed by atoms with Gasteiger partial charge >= 0.3 is 10.2 Å². The number of aryl methyl sites for hydroxylation is 1. The number of halogens is 2. The van der Waals surface area contributed by atoms with Crippen molar-refractivity contribution in [3.8, 4) is 0 Å². The Labute approximate surface area is 75.4 Å². The van der Waals surface area contributed by atoms with E-state index in [2.05, 4.69) is 0 Å². The Morgan fingerprint density at radius 3 is 2.46 bits per heavy atom. The van der Waals surface area contributed by atoms with Crippen LogP contribution in [0.25, 0.3) is 0 Å². The molecule has 1 rings (SSSR count). The Morgan fingerprint density at radius 1 is 1.38 bits per heavy atom. The number of rotatable bonds is 2. The Kier molecular flexibility index (Phi) is 2.66. The number of benzene rings is 1. The highest BCUT2D eigenvalue weighted by molar-refractivity contribution is 7.85. The van der Waals surface area contributed by atoms with E-state index in [1.807, 2.05) is 0 Å². The molecule has 0 saturated carbocycles. The fraction of sp³-hybridized carbons (Fsp3) is 0.250. The van der Waals surface area contributed by atoms with Crippen LogP contribution < -0.4 is 0 Å². The molecule has 0 bridgehead atoms. The molecule has 0 aliphatic carbocycles. The van der Waals surface area contributed by atoms with Crippen LogP contribution in [0.5, 0.6) is 0 Å². The standard InChI is InChI=1S/C8H8F2O2S/c1-6-3-2-4-8(9)7(6)5-13(10,11)12/h2-4H,5H2,1H3. The van der Waals surface area contributed by atoms with E-state index in [-0.39, 0.29) is 5.56 Å².